The highest BCUT2D eigenvalue weighted by Crippen LogP contribution is 2.25. The molecule has 0 fully saturated rings. The van der Waals surface area contributed by atoms with Gasteiger partial charge in [0, 0.05) is 6.42 Å². The monoisotopic (exact) mass is 186 g/mol. The van der Waals surface area contributed by atoms with E-state index in [4.69, 9.17) is 14.6 Å². The lowest BCUT2D eigenvalue weighted by Gasteiger charge is -2.20. The van der Waals surface area contributed by atoms with Crippen LogP contribution in [-0.4, -0.2) is 18.0 Å². The zero-order valence-electron chi connectivity index (χ0n) is 8.54. The van der Waals surface area contributed by atoms with Gasteiger partial charge < -0.3 is 14.6 Å². The summed E-state index contributed by atoms with van der Waals surface area (Å²) in [6, 6.07) is 0. The zero-order chi connectivity index (χ0) is 9.90. The zero-order valence-corrected chi connectivity index (χ0v) is 8.54. The molecule has 1 atom stereocenters. The van der Waals surface area contributed by atoms with Crippen LogP contribution in [0.4, 0.5) is 0 Å². The predicted octanol–water partition coefficient (Wildman–Crippen LogP) is 2.02. The molecule has 0 saturated heterocycles. The molecule has 1 N–H and O–H groups in total. The third-order valence-corrected chi connectivity index (χ3v) is 1.92. The van der Waals surface area contributed by atoms with Crippen LogP contribution in [0.1, 0.15) is 33.6 Å². The van der Waals surface area contributed by atoms with Crippen molar-refractivity contribution in [1.29, 1.82) is 0 Å². The molecule has 1 unspecified atom stereocenters. The van der Waals surface area contributed by atoms with Gasteiger partial charge in [-0.25, -0.2) is 0 Å². The second kappa shape index (κ2) is 4.01. The second-order valence-electron chi connectivity index (χ2n) is 4.53. The first-order valence-corrected chi connectivity index (χ1v) is 4.63. The molecule has 1 heterocycles. The molecule has 1 aliphatic rings. The van der Waals surface area contributed by atoms with Crippen molar-refractivity contribution in [1.82, 2.24) is 0 Å². The standard InChI is InChI=1S/C10H18O3/c1-10(2,3)5-4-9-12-7-8(6-11)13-9/h7,9,11H,4-6H2,1-3H3. The number of hydrogen-bond acceptors (Lipinski definition) is 3. The van der Waals surface area contributed by atoms with Crippen molar-refractivity contribution in [2.24, 2.45) is 5.41 Å². The van der Waals surface area contributed by atoms with Crippen molar-refractivity contribution in [3.8, 4) is 0 Å². The smallest absolute Gasteiger partial charge is 0.240 e. The lowest BCUT2D eigenvalue weighted by atomic mass is 9.90. The molecule has 1 aliphatic heterocycles. The summed E-state index contributed by atoms with van der Waals surface area (Å²) in [6.07, 6.45) is 3.21. The summed E-state index contributed by atoms with van der Waals surface area (Å²) < 4.78 is 10.5. The van der Waals surface area contributed by atoms with Crippen molar-refractivity contribution in [3.63, 3.8) is 0 Å². The number of aliphatic hydroxyl groups is 1. The van der Waals surface area contributed by atoms with Crippen molar-refractivity contribution < 1.29 is 14.6 Å². The SMILES string of the molecule is CC(C)(C)CCC1OC=C(CO)O1. The van der Waals surface area contributed by atoms with Gasteiger partial charge in [-0.15, -0.1) is 0 Å². The summed E-state index contributed by atoms with van der Waals surface area (Å²) in [4.78, 5) is 0. The average molecular weight is 186 g/mol. The minimum Gasteiger partial charge on any atom is -0.459 e. The van der Waals surface area contributed by atoms with Crippen molar-refractivity contribution in [2.75, 3.05) is 6.61 Å². The quantitative estimate of drug-likeness (QED) is 0.732. The third-order valence-electron chi connectivity index (χ3n) is 1.92. The first kappa shape index (κ1) is 10.4. The van der Waals surface area contributed by atoms with Crippen molar-refractivity contribution in [2.45, 2.75) is 39.9 Å². The van der Waals surface area contributed by atoms with Gasteiger partial charge in [0.05, 0.1) is 0 Å². The van der Waals surface area contributed by atoms with Crippen LogP contribution >= 0.6 is 0 Å². The summed E-state index contributed by atoms with van der Waals surface area (Å²) in [5.74, 6) is 0.527. The van der Waals surface area contributed by atoms with E-state index in [1.165, 1.54) is 6.26 Å². The van der Waals surface area contributed by atoms with Gasteiger partial charge in [0.25, 0.3) is 0 Å². The Morgan fingerprint density at radius 2 is 2.15 bits per heavy atom. The van der Waals surface area contributed by atoms with Crippen LogP contribution in [0.15, 0.2) is 12.0 Å². The van der Waals surface area contributed by atoms with E-state index >= 15 is 0 Å². The molecular formula is C10H18O3. The van der Waals surface area contributed by atoms with E-state index < -0.39 is 0 Å². The summed E-state index contributed by atoms with van der Waals surface area (Å²) in [5, 5.41) is 8.74. The van der Waals surface area contributed by atoms with Gasteiger partial charge in [-0.3, -0.25) is 0 Å². The van der Waals surface area contributed by atoms with E-state index in [-0.39, 0.29) is 12.9 Å². The number of rotatable bonds is 3. The molecule has 0 aromatic heterocycles. The van der Waals surface area contributed by atoms with Gasteiger partial charge in [0.1, 0.15) is 12.9 Å². The molecule has 13 heavy (non-hydrogen) atoms. The van der Waals surface area contributed by atoms with E-state index in [1.807, 2.05) is 0 Å². The molecular weight excluding hydrogens is 168 g/mol. The lowest BCUT2D eigenvalue weighted by molar-refractivity contribution is -0.0478. The molecule has 0 aromatic carbocycles. The van der Waals surface area contributed by atoms with Crippen molar-refractivity contribution in [3.05, 3.63) is 12.0 Å². The molecule has 0 aromatic rings. The predicted molar refractivity (Wildman–Crippen MR) is 49.8 cm³/mol. The fraction of sp³-hybridized carbons (Fsp3) is 0.800. The summed E-state index contributed by atoms with van der Waals surface area (Å²) in [6.45, 7) is 6.47. The Kier molecular flexibility index (Phi) is 3.20. The van der Waals surface area contributed by atoms with Crippen LogP contribution in [0.2, 0.25) is 0 Å². The molecule has 0 radical (unpaired) electrons. The Labute approximate surface area is 79.3 Å². The highest BCUT2D eigenvalue weighted by molar-refractivity contribution is 4.92. The highest BCUT2D eigenvalue weighted by atomic mass is 16.7. The van der Waals surface area contributed by atoms with Crippen LogP contribution < -0.4 is 0 Å². The summed E-state index contributed by atoms with van der Waals surface area (Å²) >= 11 is 0. The van der Waals surface area contributed by atoms with Gasteiger partial charge in [-0.1, -0.05) is 20.8 Å². The first-order valence-electron chi connectivity index (χ1n) is 4.63. The lowest BCUT2D eigenvalue weighted by Crippen LogP contribution is -2.14. The molecule has 0 bridgehead atoms. The van der Waals surface area contributed by atoms with E-state index in [0.717, 1.165) is 12.8 Å². The normalized spacial score (nSPS) is 22.2. The molecule has 76 valence electrons. The van der Waals surface area contributed by atoms with E-state index in [9.17, 15) is 0 Å². The molecule has 0 aliphatic carbocycles. The first-order chi connectivity index (χ1) is 6.01. The Morgan fingerprint density at radius 3 is 2.62 bits per heavy atom. The van der Waals surface area contributed by atoms with Crippen LogP contribution in [0, 0.1) is 5.41 Å². The number of ether oxygens (including phenoxy) is 2. The summed E-state index contributed by atoms with van der Waals surface area (Å²) in [5.41, 5.74) is 0.300. The number of aliphatic hydroxyl groups excluding tert-OH is 1. The Morgan fingerprint density at radius 1 is 1.46 bits per heavy atom. The molecule has 0 spiro atoms. The molecule has 3 heteroatoms. The molecule has 1 rings (SSSR count). The Balaban J connectivity index is 2.20. The molecule has 0 saturated carbocycles. The van der Waals surface area contributed by atoms with Crippen LogP contribution in [0.5, 0.6) is 0 Å². The van der Waals surface area contributed by atoms with Gasteiger partial charge in [0.15, 0.2) is 5.76 Å². The summed E-state index contributed by atoms with van der Waals surface area (Å²) in [7, 11) is 0. The third kappa shape index (κ3) is 3.68. The van der Waals surface area contributed by atoms with Crippen LogP contribution in [0.25, 0.3) is 0 Å². The maximum Gasteiger partial charge on any atom is 0.240 e. The second-order valence-corrected chi connectivity index (χ2v) is 4.53. The molecule has 0 amide bonds. The van der Waals surface area contributed by atoms with E-state index in [0.29, 0.717) is 11.2 Å². The largest absolute Gasteiger partial charge is 0.459 e. The fourth-order valence-corrected chi connectivity index (χ4v) is 1.13. The van der Waals surface area contributed by atoms with Gasteiger partial charge in [0.2, 0.25) is 6.29 Å². The van der Waals surface area contributed by atoms with Crippen molar-refractivity contribution >= 4 is 0 Å². The van der Waals surface area contributed by atoms with E-state index in [1.54, 1.807) is 0 Å². The van der Waals surface area contributed by atoms with Gasteiger partial charge in [-0.2, -0.15) is 0 Å². The molecule has 3 nitrogen and oxygen atoms in total. The fourth-order valence-electron chi connectivity index (χ4n) is 1.13. The minimum absolute atomic E-state index is 0.0774. The maximum absolute atomic E-state index is 8.74. The average Bonchev–Trinajstić information content (AvgIpc) is 2.47. The Bertz CT molecular complexity index is 191. The van der Waals surface area contributed by atoms with Gasteiger partial charge in [-0.05, 0) is 11.8 Å². The maximum atomic E-state index is 8.74. The highest BCUT2D eigenvalue weighted by Gasteiger charge is 2.21. The Hall–Kier alpha value is -0.700. The topological polar surface area (TPSA) is 38.7 Å². The van der Waals surface area contributed by atoms with Crippen LogP contribution in [0.3, 0.4) is 0 Å². The number of hydrogen-bond donors (Lipinski definition) is 1. The van der Waals surface area contributed by atoms with Crippen LogP contribution in [-0.2, 0) is 9.47 Å². The minimum atomic E-state index is -0.193. The van der Waals surface area contributed by atoms with Gasteiger partial charge >= 0.3 is 0 Å². The van der Waals surface area contributed by atoms with E-state index in [2.05, 4.69) is 20.8 Å².